The maximum absolute atomic E-state index is 10.7. The van der Waals surface area contributed by atoms with Crippen molar-refractivity contribution < 1.29 is 4.79 Å². The van der Waals surface area contributed by atoms with Crippen molar-refractivity contribution in [3.63, 3.8) is 0 Å². The Morgan fingerprint density at radius 3 is 3.11 bits per heavy atom. The largest absolute Gasteiger partial charge is 0.364 e. The number of hydrogen-bond donors (Lipinski definition) is 2. The maximum Gasteiger partial charge on any atom is 0.286 e. The van der Waals surface area contributed by atoms with E-state index in [1.165, 1.54) is 0 Å². The van der Waals surface area contributed by atoms with Crippen LogP contribution < -0.4 is 10.6 Å². The zero-order valence-corrected chi connectivity index (χ0v) is 5.27. The predicted octanol–water partition coefficient (Wildman–Crippen LogP) is -1.27. The van der Waals surface area contributed by atoms with E-state index in [2.05, 4.69) is 15.6 Å². The Hall–Kier alpha value is -1.06. The Labute approximate surface area is 53.3 Å². The van der Waals surface area contributed by atoms with E-state index in [0.29, 0.717) is 12.4 Å². The minimum atomic E-state index is -0.132. The Balaban J connectivity index is 2.51. The molecule has 1 aliphatic rings. The molecule has 0 aromatic carbocycles. The van der Waals surface area contributed by atoms with E-state index >= 15 is 0 Å². The number of amidine groups is 1. The van der Waals surface area contributed by atoms with Crippen molar-refractivity contribution in [2.75, 3.05) is 20.1 Å². The third kappa shape index (κ3) is 1.19. The van der Waals surface area contributed by atoms with Crippen LogP contribution >= 0.6 is 0 Å². The predicted molar refractivity (Wildman–Crippen MR) is 34.4 cm³/mol. The molecule has 4 heteroatoms. The minimum Gasteiger partial charge on any atom is -0.364 e. The number of rotatable bonds is 1. The van der Waals surface area contributed by atoms with Crippen molar-refractivity contribution in [2.45, 2.75) is 0 Å². The van der Waals surface area contributed by atoms with Crippen molar-refractivity contribution in [1.82, 2.24) is 10.6 Å². The van der Waals surface area contributed by atoms with Crippen molar-refractivity contribution in [3.05, 3.63) is 0 Å². The summed E-state index contributed by atoms with van der Waals surface area (Å²) in [4.78, 5) is 14.6. The van der Waals surface area contributed by atoms with Gasteiger partial charge in [0, 0.05) is 13.6 Å². The molecule has 1 heterocycles. The first-order valence-electron chi connectivity index (χ1n) is 2.85. The highest BCUT2D eigenvalue weighted by Crippen LogP contribution is 1.83. The number of amides is 1. The van der Waals surface area contributed by atoms with E-state index in [1.807, 2.05) is 0 Å². The van der Waals surface area contributed by atoms with Gasteiger partial charge in [0.15, 0.2) is 5.84 Å². The lowest BCUT2D eigenvalue weighted by atomic mass is 10.5. The summed E-state index contributed by atoms with van der Waals surface area (Å²) in [6.45, 7) is 1.49. The monoisotopic (exact) mass is 127 g/mol. The highest BCUT2D eigenvalue weighted by Gasteiger charge is 2.11. The lowest BCUT2D eigenvalue weighted by Gasteiger charge is -1.96. The number of likely N-dealkylation sites (N-methyl/N-ethyl adjacent to an activating group) is 1. The SMILES string of the molecule is CNC(=O)C1=NCCN1. The van der Waals surface area contributed by atoms with Crippen LogP contribution in [0.15, 0.2) is 4.99 Å². The topological polar surface area (TPSA) is 53.5 Å². The molecule has 0 atom stereocenters. The van der Waals surface area contributed by atoms with Crippen LogP contribution in [-0.4, -0.2) is 31.9 Å². The summed E-state index contributed by atoms with van der Waals surface area (Å²) in [7, 11) is 1.59. The van der Waals surface area contributed by atoms with E-state index in [4.69, 9.17) is 0 Å². The van der Waals surface area contributed by atoms with Crippen LogP contribution in [-0.2, 0) is 4.79 Å². The van der Waals surface area contributed by atoms with Gasteiger partial charge in [0.05, 0.1) is 6.54 Å². The molecule has 2 N–H and O–H groups in total. The van der Waals surface area contributed by atoms with Gasteiger partial charge in [-0.3, -0.25) is 9.79 Å². The average molecular weight is 127 g/mol. The summed E-state index contributed by atoms with van der Waals surface area (Å²) < 4.78 is 0. The molecule has 1 amide bonds. The van der Waals surface area contributed by atoms with Gasteiger partial charge >= 0.3 is 0 Å². The van der Waals surface area contributed by atoms with E-state index < -0.39 is 0 Å². The fourth-order valence-electron chi connectivity index (χ4n) is 0.668. The molecule has 50 valence electrons. The van der Waals surface area contributed by atoms with Gasteiger partial charge in [0.1, 0.15) is 0 Å². The Morgan fingerprint density at radius 1 is 1.89 bits per heavy atom. The molecule has 1 rings (SSSR count). The lowest BCUT2D eigenvalue weighted by molar-refractivity contribution is -0.114. The molecule has 1 aliphatic heterocycles. The molecule has 0 radical (unpaired) electrons. The summed E-state index contributed by atoms with van der Waals surface area (Å²) >= 11 is 0. The molecule has 0 aliphatic carbocycles. The third-order valence-corrected chi connectivity index (χ3v) is 1.12. The van der Waals surface area contributed by atoms with Gasteiger partial charge in [0.2, 0.25) is 0 Å². The maximum atomic E-state index is 10.7. The number of hydrogen-bond acceptors (Lipinski definition) is 3. The zero-order chi connectivity index (χ0) is 6.69. The molecule has 0 saturated carbocycles. The molecule has 0 aromatic rings. The lowest BCUT2D eigenvalue weighted by Crippen LogP contribution is -2.35. The van der Waals surface area contributed by atoms with Gasteiger partial charge in [-0.05, 0) is 0 Å². The molecule has 0 bridgehead atoms. The smallest absolute Gasteiger partial charge is 0.286 e. The van der Waals surface area contributed by atoms with Crippen LogP contribution in [0, 0.1) is 0 Å². The standard InChI is InChI=1S/C5H9N3O/c1-6-5(9)4-7-2-3-8-4/h2-3H2,1H3,(H,6,9)(H,7,8). The normalized spacial score (nSPS) is 16.3. The first kappa shape index (κ1) is 6.07. The number of nitrogens with one attached hydrogen (secondary N) is 2. The molecule has 9 heavy (non-hydrogen) atoms. The van der Waals surface area contributed by atoms with Gasteiger partial charge in [-0.25, -0.2) is 0 Å². The van der Waals surface area contributed by atoms with Gasteiger partial charge < -0.3 is 10.6 Å². The van der Waals surface area contributed by atoms with Crippen molar-refractivity contribution in [1.29, 1.82) is 0 Å². The molecule has 0 saturated heterocycles. The van der Waals surface area contributed by atoms with E-state index in [1.54, 1.807) is 7.05 Å². The molecule has 0 aromatic heterocycles. The van der Waals surface area contributed by atoms with Crippen molar-refractivity contribution in [3.8, 4) is 0 Å². The fraction of sp³-hybridized carbons (Fsp3) is 0.600. The van der Waals surface area contributed by atoms with Crippen LogP contribution in [0.5, 0.6) is 0 Å². The van der Waals surface area contributed by atoms with E-state index in [0.717, 1.165) is 6.54 Å². The summed E-state index contributed by atoms with van der Waals surface area (Å²) in [5.41, 5.74) is 0. The molecular formula is C5H9N3O. The molecule has 4 nitrogen and oxygen atoms in total. The van der Waals surface area contributed by atoms with Gasteiger partial charge in [0.25, 0.3) is 5.91 Å². The summed E-state index contributed by atoms with van der Waals surface area (Å²) in [6.07, 6.45) is 0. The molecule has 0 fully saturated rings. The van der Waals surface area contributed by atoms with Crippen molar-refractivity contribution >= 4 is 11.7 Å². The second-order valence-corrected chi connectivity index (χ2v) is 1.74. The number of carbonyl (C=O) groups is 1. The summed E-state index contributed by atoms with van der Waals surface area (Å²) in [5, 5.41) is 5.32. The highest BCUT2D eigenvalue weighted by molar-refractivity contribution is 6.38. The van der Waals surface area contributed by atoms with Crippen LogP contribution in [0.3, 0.4) is 0 Å². The molecule has 0 spiro atoms. The van der Waals surface area contributed by atoms with E-state index in [-0.39, 0.29) is 5.91 Å². The zero-order valence-electron chi connectivity index (χ0n) is 5.27. The van der Waals surface area contributed by atoms with E-state index in [9.17, 15) is 4.79 Å². The van der Waals surface area contributed by atoms with Crippen LogP contribution in [0.2, 0.25) is 0 Å². The van der Waals surface area contributed by atoms with Crippen LogP contribution in [0.4, 0.5) is 0 Å². The van der Waals surface area contributed by atoms with Crippen molar-refractivity contribution in [2.24, 2.45) is 4.99 Å². The number of nitrogens with zero attached hydrogens (tertiary/aromatic N) is 1. The Kier molecular flexibility index (Phi) is 1.67. The summed E-state index contributed by atoms with van der Waals surface area (Å²) in [6, 6.07) is 0. The second kappa shape index (κ2) is 2.48. The highest BCUT2D eigenvalue weighted by atomic mass is 16.2. The first-order valence-corrected chi connectivity index (χ1v) is 2.85. The quantitative estimate of drug-likeness (QED) is 0.461. The second-order valence-electron chi connectivity index (χ2n) is 1.74. The van der Waals surface area contributed by atoms with Gasteiger partial charge in [-0.15, -0.1) is 0 Å². The molecular weight excluding hydrogens is 118 g/mol. The third-order valence-electron chi connectivity index (χ3n) is 1.12. The Bertz CT molecular complexity index is 152. The minimum absolute atomic E-state index is 0.132. The van der Waals surface area contributed by atoms with Gasteiger partial charge in [-0.2, -0.15) is 0 Å². The fourth-order valence-corrected chi connectivity index (χ4v) is 0.668. The first-order chi connectivity index (χ1) is 4.34. The summed E-state index contributed by atoms with van der Waals surface area (Å²) in [5.74, 6) is 0.324. The number of aliphatic imine (C=N–C) groups is 1. The average Bonchev–Trinajstić information content (AvgIpc) is 2.37. The van der Waals surface area contributed by atoms with Crippen LogP contribution in [0.25, 0.3) is 0 Å². The van der Waals surface area contributed by atoms with Crippen LogP contribution in [0.1, 0.15) is 0 Å². The Morgan fingerprint density at radius 2 is 2.67 bits per heavy atom. The van der Waals surface area contributed by atoms with Gasteiger partial charge in [-0.1, -0.05) is 0 Å². The number of carbonyl (C=O) groups excluding carboxylic acids is 1. The molecule has 0 unspecified atom stereocenters.